The quantitative estimate of drug-likeness (QED) is 0.857. The summed E-state index contributed by atoms with van der Waals surface area (Å²) in [5.74, 6) is 1.33. The predicted molar refractivity (Wildman–Crippen MR) is 87.3 cm³/mol. The number of hydrogen-bond acceptors (Lipinski definition) is 5. The van der Waals surface area contributed by atoms with Gasteiger partial charge >= 0.3 is 0 Å². The summed E-state index contributed by atoms with van der Waals surface area (Å²) in [6, 6.07) is 0. The Hall–Kier alpha value is -2.31. The molecule has 126 valence electrons. The molecule has 1 aliphatic carbocycles. The van der Waals surface area contributed by atoms with Crippen molar-refractivity contribution >= 4 is 5.91 Å². The van der Waals surface area contributed by atoms with Gasteiger partial charge in [0.15, 0.2) is 0 Å². The molecule has 7 heteroatoms. The van der Waals surface area contributed by atoms with E-state index in [0.717, 1.165) is 38.2 Å². The number of carbonyl (C=O) groups excluding carboxylic acids is 1. The topological polar surface area (TPSA) is 76.8 Å². The normalized spacial score (nSPS) is 21.9. The van der Waals surface area contributed by atoms with Gasteiger partial charge in [-0.3, -0.25) is 4.79 Å². The van der Waals surface area contributed by atoms with E-state index < -0.39 is 0 Å². The second-order valence-electron chi connectivity index (χ2n) is 6.96. The Kier molecular flexibility index (Phi) is 3.78. The van der Waals surface area contributed by atoms with Crippen LogP contribution in [0.5, 0.6) is 0 Å². The number of rotatable bonds is 4. The Morgan fingerprint density at radius 3 is 2.79 bits per heavy atom. The monoisotopic (exact) mass is 326 g/mol. The Labute approximate surface area is 141 Å². The molecule has 1 atom stereocenters. The van der Waals surface area contributed by atoms with Crippen LogP contribution in [0.15, 0.2) is 25.0 Å². The number of nitrogens with zero attached hydrogens (tertiary/aromatic N) is 6. The third-order valence-electron chi connectivity index (χ3n) is 5.51. The summed E-state index contributed by atoms with van der Waals surface area (Å²) in [7, 11) is 0. The maximum absolute atomic E-state index is 12.8. The van der Waals surface area contributed by atoms with Crippen molar-refractivity contribution in [1.29, 1.82) is 0 Å². The van der Waals surface area contributed by atoms with Crippen LogP contribution in [0.1, 0.15) is 54.7 Å². The Balaban J connectivity index is 1.61. The zero-order chi connectivity index (χ0) is 16.6. The molecule has 2 aromatic heterocycles. The highest BCUT2D eigenvalue weighted by molar-refractivity contribution is 5.93. The number of hydrogen-bond donors (Lipinski definition) is 0. The Morgan fingerprint density at radius 1 is 1.33 bits per heavy atom. The summed E-state index contributed by atoms with van der Waals surface area (Å²) in [5.41, 5.74) is 0.728. The van der Waals surface area contributed by atoms with E-state index in [4.69, 9.17) is 0 Å². The van der Waals surface area contributed by atoms with Crippen molar-refractivity contribution < 1.29 is 4.79 Å². The highest BCUT2D eigenvalue weighted by atomic mass is 16.2. The molecule has 1 unspecified atom stereocenters. The first-order chi connectivity index (χ1) is 11.7. The fraction of sp³-hybridized carbons (Fsp3) is 0.588. The maximum Gasteiger partial charge on any atom is 0.257 e. The predicted octanol–water partition coefficient (Wildman–Crippen LogP) is 1.89. The molecule has 1 spiro atoms. The lowest BCUT2D eigenvalue weighted by atomic mass is 9.62. The van der Waals surface area contributed by atoms with Gasteiger partial charge in [0.2, 0.25) is 0 Å². The highest BCUT2D eigenvalue weighted by Gasteiger charge is 2.53. The van der Waals surface area contributed by atoms with Gasteiger partial charge in [-0.2, -0.15) is 0 Å². The molecule has 1 saturated carbocycles. The van der Waals surface area contributed by atoms with Gasteiger partial charge in [0.1, 0.15) is 18.5 Å². The fourth-order valence-electron chi connectivity index (χ4n) is 4.16. The molecule has 2 fully saturated rings. The van der Waals surface area contributed by atoms with Gasteiger partial charge < -0.3 is 9.47 Å². The molecular formula is C17H22N6O. The number of amides is 1. The van der Waals surface area contributed by atoms with Gasteiger partial charge in [-0.15, -0.1) is 10.2 Å². The maximum atomic E-state index is 12.8. The van der Waals surface area contributed by atoms with Crippen molar-refractivity contribution in [2.24, 2.45) is 5.41 Å². The smallest absolute Gasteiger partial charge is 0.257 e. The van der Waals surface area contributed by atoms with Crippen LogP contribution in [0.2, 0.25) is 0 Å². The Morgan fingerprint density at radius 2 is 2.12 bits per heavy atom. The first-order valence-corrected chi connectivity index (χ1v) is 8.65. The van der Waals surface area contributed by atoms with E-state index in [9.17, 15) is 4.79 Å². The molecule has 0 aromatic carbocycles. The van der Waals surface area contributed by atoms with Gasteiger partial charge in [-0.05, 0) is 24.7 Å². The zero-order valence-electron chi connectivity index (χ0n) is 13.9. The molecule has 0 N–H and O–H groups in total. The molecule has 24 heavy (non-hydrogen) atoms. The molecule has 1 saturated heterocycles. The van der Waals surface area contributed by atoms with Crippen LogP contribution in [0.25, 0.3) is 0 Å². The summed E-state index contributed by atoms with van der Waals surface area (Å²) < 4.78 is 2.16. The summed E-state index contributed by atoms with van der Waals surface area (Å²) in [6.45, 7) is 4.58. The van der Waals surface area contributed by atoms with E-state index in [1.54, 1.807) is 12.4 Å². The molecule has 4 rings (SSSR count). The van der Waals surface area contributed by atoms with Crippen LogP contribution >= 0.6 is 0 Å². The minimum Gasteiger partial charge on any atom is -0.337 e. The molecule has 1 amide bonds. The minimum atomic E-state index is 0.0194. The summed E-state index contributed by atoms with van der Waals surface area (Å²) in [4.78, 5) is 22.7. The zero-order valence-corrected chi connectivity index (χ0v) is 13.9. The van der Waals surface area contributed by atoms with Gasteiger partial charge in [0.05, 0.1) is 5.56 Å². The van der Waals surface area contributed by atoms with Gasteiger partial charge in [-0.25, -0.2) is 9.97 Å². The van der Waals surface area contributed by atoms with Crippen LogP contribution < -0.4 is 0 Å². The second kappa shape index (κ2) is 5.96. The van der Waals surface area contributed by atoms with Crippen molar-refractivity contribution in [2.75, 3.05) is 13.1 Å². The van der Waals surface area contributed by atoms with E-state index in [0.29, 0.717) is 12.1 Å². The molecule has 3 heterocycles. The average Bonchev–Trinajstić information content (AvgIpc) is 3.19. The third-order valence-corrected chi connectivity index (χ3v) is 5.51. The first kappa shape index (κ1) is 15.2. The van der Waals surface area contributed by atoms with Gasteiger partial charge in [-0.1, -0.05) is 13.3 Å². The summed E-state index contributed by atoms with van der Waals surface area (Å²) >= 11 is 0. The van der Waals surface area contributed by atoms with E-state index >= 15 is 0 Å². The van der Waals surface area contributed by atoms with E-state index in [-0.39, 0.29) is 17.2 Å². The Bertz CT molecular complexity index is 724. The highest BCUT2D eigenvalue weighted by Crippen LogP contribution is 2.55. The molecular weight excluding hydrogens is 304 g/mol. The van der Waals surface area contributed by atoms with E-state index in [1.807, 2.05) is 11.2 Å². The van der Waals surface area contributed by atoms with E-state index in [2.05, 4.69) is 31.7 Å². The lowest BCUT2D eigenvalue weighted by Crippen LogP contribution is -2.38. The number of likely N-dealkylation sites (tertiary alicyclic amines) is 1. The van der Waals surface area contributed by atoms with Crippen molar-refractivity contribution in [3.05, 3.63) is 36.4 Å². The second-order valence-corrected chi connectivity index (χ2v) is 6.96. The molecule has 0 bridgehead atoms. The number of carbonyl (C=O) groups is 1. The standard InChI is InChI=1S/C17H22N6O/c1-2-6-22-12-20-21-15(22)14-9-23(10-17(14)4-3-5-17)16(24)13-7-18-11-19-8-13/h7-8,11-12,14H,2-6,9-10H2,1H3. The van der Waals surface area contributed by atoms with E-state index in [1.165, 1.54) is 12.7 Å². The van der Waals surface area contributed by atoms with Crippen LogP contribution in [0, 0.1) is 5.41 Å². The number of aromatic nitrogens is 5. The summed E-state index contributed by atoms with van der Waals surface area (Å²) in [6.07, 6.45) is 11.1. The molecule has 7 nitrogen and oxygen atoms in total. The minimum absolute atomic E-state index is 0.0194. The van der Waals surface area contributed by atoms with Crippen molar-refractivity contribution in [1.82, 2.24) is 29.6 Å². The number of aryl methyl sites for hydroxylation is 1. The van der Waals surface area contributed by atoms with Crippen LogP contribution in [-0.4, -0.2) is 48.6 Å². The van der Waals surface area contributed by atoms with Crippen molar-refractivity contribution in [3.8, 4) is 0 Å². The van der Waals surface area contributed by atoms with Gasteiger partial charge in [0.25, 0.3) is 5.91 Å². The summed E-state index contributed by atoms with van der Waals surface area (Å²) in [5, 5.41) is 8.54. The molecule has 1 aliphatic heterocycles. The lowest BCUT2D eigenvalue weighted by Gasteiger charge is -2.42. The molecule has 0 radical (unpaired) electrons. The van der Waals surface area contributed by atoms with Crippen LogP contribution in [-0.2, 0) is 6.54 Å². The largest absolute Gasteiger partial charge is 0.337 e. The van der Waals surface area contributed by atoms with Crippen LogP contribution in [0.3, 0.4) is 0 Å². The SMILES string of the molecule is CCCn1cnnc1C1CN(C(=O)c2cncnc2)CC12CCC2. The van der Waals surface area contributed by atoms with Crippen molar-refractivity contribution in [3.63, 3.8) is 0 Å². The van der Waals surface area contributed by atoms with Gasteiger partial charge in [0, 0.05) is 37.9 Å². The lowest BCUT2D eigenvalue weighted by molar-refractivity contribution is 0.0722. The average molecular weight is 326 g/mol. The van der Waals surface area contributed by atoms with Crippen molar-refractivity contribution in [2.45, 2.75) is 45.1 Å². The fourth-order valence-corrected chi connectivity index (χ4v) is 4.16. The molecule has 2 aromatic rings. The van der Waals surface area contributed by atoms with Crippen LogP contribution in [0.4, 0.5) is 0 Å². The first-order valence-electron chi connectivity index (χ1n) is 8.65. The third kappa shape index (κ3) is 2.39. The molecule has 2 aliphatic rings.